The van der Waals surface area contributed by atoms with E-state index in [2.05, 4.69) is 33.8 Å². The van der Waals surface area contributed by atoms with Crippen LogP contribution in [0.3, 0.4) is 0 Å². The molecule has 2 aliphatic heterocycles. The van der Waals surface area contributed by atoms with Gasteiger partial charge in [-0.3, -0.25) is 14.5 Å². The van der Waals surface area contributed by atoms with E-state index in [0.29, 0.717) is 19.4 Å². The fourth-order valence-corrected chi connectivity index (χ4v) is 4.19. The molecule has 1 aromatic carbocycles. The number of benzene rings is 1. The smallest absolute Gasteiger partial charge is 0.224 e. The van der Waals surface area contributed by atoms with E-state index in [0.717, 1.165) is 36.3 Å². The Morgan fingerprint density at radius 3 is 2.88 bits per heavy atom. The third-order valence-corrected chi connectivity index (χ3v) is 5.77. The van der Waals surface area contributed by atoms with Gasteiger partial charge in [0.15, 0.2) is 5.78 Å². The van der Waals surface area contributed by atoms with E-state index >= 15 is 0 Å². The molecule has 0 fully saturated rings. The van der Waals surface area contributed by atoms with Gasteiger partial charge in [-0.1, -0.05) is 12.1 Å². The maximum atomic E-state index is 12.6. The third-order valence-electron chi connectivity index (χ3n) is 4.82. The second kappa shape index (κ2) is 6.94. The van der Waals surface area contributed by atoms with E-state index in [1.54, 1.807) is 11.3 Å². The lowest BCUT2D eigenvalue weighted by Crippen LogP contribution is -2.33. The maximum absolute atomic E-state index is 12.6. The fourth-order valence-electron chi connectivity index (χ4n) is 3.39. The van der Waals surface area contributed by atoms with Gasteiger partial charge in [0.25, 0.3) is 0 Å². The SMILES string of the molecule is O=C1CCc2cc(C(=O)CN3CC=C(c4cccs4)CC3)ccc2N1. The number of fused-ring (bicyclic) bond motifs is 1. The molecule has 1 aromatic heterocycles. The second-order valence-electron chi connectivity index (χ2n) is 6.54. The summed E-state index contributed by atoms with van der Waals surface area (Å²) in [6, 6.07) is 9.85. The van der Waals surface area contributed by atoms with Crippen LogP contribution in [-0.4, -0.2) is 36.2 Å². The predicted molar refractivity (Wildman–Crippen MR) is 101 cm³/mol. The van der Waals surface area contributed by atoms with Gasteiger partial charge < -0.3 is 5.32 Å². The zero-order chi connectivity index (χ0) is 17.2. The van der Waals surface area contributed by atoms with Gasteiger partial charge >= 0.3 is 0 Å². The van der Waals surface area contributed by atoms with E-state index in [-0.39, 0.29) is 11.7 Å². The van der Waals surface area contributed by atoms with Crippen LogP contribution in [-0.2, 0) is 11.2 Å². The van der Waals surface area contributed by atoms with Crippen LogP contribution in [0.15, 0.2) is 41.8 Å². The predicted octanol–water partition coefficient (Wildman–Crippen LogP) is 3.60. The van der Waals surface area contributed by atoms with E-state index in [9.17, 15) is 9.59 Å². The Kier molecular flexibility index (Phi) is 4.51. The quantitative estimate of drug-likeness (QED) is 0.855. The number of anilines is 1. The highest BCUT2D eigenvalue weighted by Crippen LogP contribution is 2.27. The molecule has 2 aromatic rings. The highest BCUT2D eigenvalue weighted by Gasteiger charge is 2.19. The molecule has 0 aliphatic carbocycles. The van der Waals surface area contributed by atoms with Gasteiger partial charge in [-0.15, -0.1) is 11.3 Å². The summed E-state index contributed by atoms with van der Waals surface area (Å²) in [5.41, 5.74) is 4.03. The van der Waals surface area contributed by atoms with Gasteiger partial charge in [0, 0.05) is 35.6 Å². The van der Waals surface area contributed by atoms with E-state index in [4.69, 9.17) is 0 Å². The molecule has 4 rings (SSSR count). The summed E-state index contributed by atoms with van der Waals surface area (Å²) < 4.78 is 0. The van der Waals surface area contributed by atoms with Crippen molar-refractivity contribution < 1.29 is 9.59 Å². The molecule has 1 N–H and O–H groups in total. The molecule has 0 atom stereocenters. The Balaban J connectivity index is 1.40. The van der Waals surface area contributed by atoms with Crippen LogP contribution in [0.2, 0.25) is 0 Å². The van der Waals surface area contributed by atoms with E-state index < -0.39 is 0 Å². The van der Waals surface area contributed by atoms with Gasteiger partial charge in [-0.25, -0.2) is 0 Å². The average molecular weight is 352 g/mol. The summed E-state index contributed by atoms with van der Waals surface area (Å²) in [4.78, 5) is 27.6. The van der Waals surface area contributed by atoms with Crippen LogP contribution in [0.25, 0.3) is 5.57 Å². The number of ketones is 1. The maximum Gasteiger partial charge on any atom is 0.224 e. The molecule has 5 heteroatoms. The number of nitrogens with zero attached hydrogens (tertiary/aromatic N) is 1. The van der Waals surface area contributed by atoms with Crippen molar-refractivity contribution in [1.29, 1.82) is 0 Å². The number of rotatable bonds is 4. The lowest BCUT2D eigenvalue weighted by atomic mass is 9.98. The van der Waals surface area contributed by atoms with Crippen molar-refractivity contribution in [2.75, 3.05) is 25.0 Å². The normalized spacial score (nSPS) is 17.6. The first-order valence-electron chi connectivity index (χ1n) is 8.60. The zero-order valence-corrected chi connectivity index (χ0v) is 14.8. The Morgan fingerprint density at radius 2 is 2.12 bits per heavy atom. The number of hydrogen-bond acceptors (Lipinski definition) is 4. The average Bonchev–Trinajstić information content (AvgIpc) is 3.16. The molecular weight excluding hydrogens is 332 g/mol. The number of carbonyl (C=O) groups excluding carboxylic acids is 2. The van der Waals surface area contributed by atoms with Crippen LogP contribution in [0, 0.1) is 0 Å². The van der Waals surface area contributed by atoms with Crippen molar-refractivity contribution in [3.63, 3.8) is 0 Å². The summed E-state index contributed by atoms with van der Waals surface area (Å²) in [5, 5.41) is 4.96. The molecule has 0 saturated carbocycles. The topological polar surface area (TPSA) is 49.4 Å². The molecule has 0 radical (unpaired) electrons. The number of carbonyl (C=O) groups is 2. The van der Waals surface area contributed by atoms with Crippen molar-refractivity contribution >= 4 is 34.3 Å². The van der Waals surface area contributed by atoms with Crippen molar-refractivity contribution in [2.45, 2.75) is 19.3 Å². The van der Waals surface area contributed by atoms with Crippen molar-refractivity contribution in [2.24, 2.45) is 0 Å². The van der Waals surface area contributed by atoms with Gasteiger partial charge in [0.05, 0.1) is 6.54 Å². The van der Waals surface area contributed by atoms with Crippen LogP contribution in [0.1, 0.15) is 33.6 Å². The molecule has 0 unspecified atom stereocenters. The number of thiophene rings is 1. The number of nitrogens with one attached hydrogen (secondary N) is 1. The minimum Gasteiger partial charge on any atom is -0.326 e. The minimum atomic E-state index is 0.0493. The molecule has 128 valence electrons. The lowest BCUT2D eigenvalue weighted by Gasteiger charge is -2.25. The lowest BCUT2D eigenvalue weighted by molar-refractivity contribution is -0.116. The Labute approximate surface area is 151 Å². The summed E-state index contributed by atoms with van der Waals surface area (Å²) >= 11 is 1.77. The molecule has 0 saturated heterocycles. The summed E-state index contributed by atoms with van der Waals surface area (Å²) in [6.07, 6.45) is 4.43. The summed E-state index contributed by atoms with van der Waals surface area (Å²) in [5.74, 6) is 0.195. The van der Waals surface area contributed by atoms with E-state index in [1.165, 1.54) is 10.5 Å². The van der Waals surface area contributed by atoms with Crippen LogP contribution >= 0.6 is 11.3 Å². The molecule has 25 heavy (non-hydrogen) atoms. The third kappa shape index (κ3) is 3.57. The number of Topliss-reactive ketones (excluding diaryl/α,β-unsaturated/α-hetero) is 1. The van der Waals surface area contributed by atoms with Gasteiger partial charge in [0.1, 0.15) is 0 Å². The highest BCUT2D eigenvalue weighted by atomic mass is 32.1. The fraction of sp³-hybridized carbons (Fsp3) is 0.300. The Morgan fingerprint density at radius 1 is 1.20 bits per heavy atom. The molecule has 0 spiro atoms. The number of aryl methyl sites for hydroxylation is 1. The number of hydrogen-bond donors (Lipinski definition) is 1. The molecule has 0 bridgehead atoms. The molecule has 1 amide bonds. The number of amides is 1. The molecular formula is C20H20N2O2S. The van der Waals surface area contributed by atoms with Crippen molar-refractivity contribution in [3.05, 3.63) is 57.8 Å². The first-order valence-corrected chi connectivity index (χ1v) is 9.48. The molecule has 4 nitrogen and oxygen atoms in total. The zero-order valence-electron chi connectivity index (χ0n) is 14.0. The van der Waals surface area contributed by atoms with Gasteiger partial charge in [-0.2, -0.15) is 0 Å². The second-order valence-corrected chi connectivity index (χ2v) is 7.48. The molecule has 2 aliphatic rings. The van der Waals surface area contributed by atoms with Crippen LogP contribution in [0.5, 0.6) is 0 Å². The van der Waals surface area contributed by atoms with Gasteiger partial charge in [0.2, 0.25) is 5.91 Å². The first-order chi connectivity index (χ1) is 12.2. The van der Waals surface area contributed by atoms with Gasteiger partial charge in [-0.05, 0) is 53.6 Å². The summed E-state index contributed by atoms with van der Waals surface area (Å²) in [7, 11) is 0. The summed E-state index contributed by atoms with van der Waals surface area (Å²) in [6.45, 7) is 2.18. The van der Waals surface area contributed by atoms with E-state index in [1.807, 2.05) is 18.2 Å². The Hall–Kier alpha value is -2.24. The highest BCUT2D eigenvalue weighted by molar-refractivity contribution is 7.11. The standard InChI is InChI=1S/C20H20N2O2S/c23-18(16-3-5-17-15(12-16)4-6-20(24)21-17)13-22-9-7-14(8-10-22)19-2-1-11-25-19/h1-3,5,7,11-12H,4,6,8-10,13H2,(H,21,24). The largest absolute Gasteiger partial charge is 0.326 e. The minimum absolute atomic E-state index is 0.0493. The first kappa shape index (κ1) is 16.2. The van der Waals surface area contributed by atoms with Crippen LogP contribution < -0.4 is 5.32 Å². The Bertz CT molecular complexity index is 839. The molecule has 3 heterocycles. The van der Waals surface area contributed by atoms with Crippen LogP contribution in [0.4, 0.5) is 5.69 Å². The van der Waals surface area contributed by atoms with Crippen molar-refractivity contribution in [3.8, 4) is 0 Å². The monoisotopic (exact) mass is 352 g/mol. The van der Waals surface area contributed by atoms with Crippen molar-refractivity contribution in [1.82, 2.24) is 4.90 Å².